The molecule has 1 aliphatic rings. The van der Waals surface area contributed by atoms with Crippen molar-refractivity contribution in [2.75, 3.05) is 16.8 Å². The van der Waals surface area contributed by atoms with E-state index < -0.39 is 0 Å². The molecule has 0 spiro atoms. The summed E-state index contributed by atoms with van der Waals surface area (Å²) in [7, 11) is 2.15. The van der Waals surface area contributed by atoms with Gasteiger partial charge in [0.25, 0.3) is 0 Å². The van der Waals surface area contributed by atoms with Crippen LogP contribution in [0.15, 0.2) is 139 Å². The van der Waals surface area contributed by atoms with E-state index in [0.717, 1.165) is 12.8 Å². The summed E-state index contributed by atoms with van der Waals surface area (Å²) in [6, 6.07) is 40.6. The lowest BCUT2D eigenvalue weighted by Crippen LogP contribution is -2.22. The molecule has 0 saturated heterocycles. The summed E-state index contributed by atoms with van der Waals surface area (Å²) < 4.78 is 0. The molecule has 0 unspecified atom stereocenters. The van der Waals surface area contributed by atoms with Gasteiger partial charge in [0.15, 0.2) is 0 Å². The third-order valence-corrected chi connectivity index (χ3v) is 6.21. The Balaban J connectivity index is 1.56. The van der Waals surface area contributed by atoms with Crippen molar-refractivity contribution >= 4 is 17.1 Å². The van der Waals surface area contributed by atoms with Crippen LogP contribution in [0.2, 0.25) is 0 Å². The highest BCUT2D eigenvalue weighted by Crippen LogP contribution is 2.40. The van der Waals surface area contributed by atoms with Gasteiger partial charge in [-0.05, 0) is 60.9 Å². The van der Waals surface area contributed by atoms with Gasteiger partial charge in [-0.2, -0.15) is 0 Å². The summed E-state index contributed by atoms with van der Waals surface area (Å²) in [6.45, 7) is 0. The molecule has 4 aromatic carbocycles. The van der Waals surface area contributed by atoms with Crippen LogP contribution in [-0.4, -0.2) is 7.05 Å². The molecule has 162 valence electrons. The van der Waals surface area contributed by atoms with E-state index in [2.05, 4.69) is 144 Å². The minimum Gasteiger partial charge on any atom is -0.348 e. The van der Waals surface area contributed by atoms with E-state index in [4.69, 9.17) is 0 Å². The third kappa shape index (κ3) is 4.47. The van der Waals surface area contributed by atoms with Gasteiger partial charge in [-0.15, -0.1) is 0 Å². The Morgan fingerprint density at radius 2 is 1.03 bits per heavy atom. The first-order valence-corrected chi connectivity index (χ1v) is 11.5. The zero-order valence-electron chi connectivity index (χ0n) is 18.9. The van der Waals surface area contributed by atoms with Gasteiger partial charge >= 0.3 is 0 Å². The van der Waals surface area contributed by atoms with Gasteiger partial charge in [0.05, 0.1) is 5.69 Å². The maximum atomic E-state index is 2.41. The van der Waals surface area contributed by atoms with Gasteiger partial charge in [0, 0.05) is 35.4 Å². The molecule has 0 amide bonds. The van der Waals surface area contributed by atoms with Crippen molar-refractivity contribution in [3.05, 3.63) is 139 Å². The SMILES string of the molecule is CN(C1=CC=C(N(c2ccccc2)c2ccccc2-c2ccccc2)CC1)c1ccccc1. The van der Waals surface area contributed by atoms with Crippen LogP contribution in [0.25, 0.3) is 11.1 Å². The van der Waals surface area contributed by atoms with Crippen LogP contribution in [-0.2, 0) is 0 Å². The van der Waals surface area contributed by atoms with E-state index in [0.29, 0.717) is 0 Å². The Bertz CT molecular complexity index is 1260. The molecule has 0 aromatic heterocycles. The van der Waals surface area contributed by atoms with Gasteiger partial charge in [-0.1, -0.05) is 84.9 Å². The Morgan fingerprint density at radius 1 is 0.515 bits per heavy atom. The Hall–Kier alpha value is -4.04. The van der Waals surface area contributed by atoms with Crippen LogP contribution < -0.4 is 9.80 Å². The molecule has 0 aliphatic heterocycles. The number of hydrogen-bond acceptors (Lipinski definition) is 2. The second kappa shape index (κ2) is 9.62. The van der Waals surface area contributed by atoms with Gasteiger partial charge < -0.3 is 9.80 Å². The number of benzene rings is 4. The highest BCUT2D eigenvalue weighted by atomic mass is 15.2. The molecule has 4 aromatic rings. The Morgan fingerprint density at radius 3 is 1.67 bits per heavy atom. The maximum Gasteiger partial charge on any atom is 0.0536 e. The van der Waals surface area contributed by atoms with Crippen molar-refractivity contribution in [2.24, 2.45) is 0 Å². The van der Waals surface area contributed by atoms with Crippen LogP contribution in [0.5, 0.6) is 0 Å². The molecule has 2 nitrogen and oxygen atoms in total. The van der Waals surface area contributed by atoms with Crippen molar-refractivity contribution in [1.82, 2.24) is 0 Å². The Labute approximate surface area is 196 Å². The summed E-state index contributed by atoms with van der Waals surface area (Å²) in [4.78, 5) is 4.70. The van der Waals surface area contributed by atoms with E-state index in [1.54, 1.807) is 0 Å². The summed E-state index contributed by atoms with van der Waals surface area (Å²) in [5.74, 6) is 0. The van der Waals surface area contributed by atoms with Crippen molar-refractivity contribution in [2.45, 2.75) is 12.8 Å². The van der Waals surface area contributed by atoms with E-state index >= 15 is 0 Å². The minimum absolute atomic E-state index is 0.973. The molecule has 0 atom stereocenters. The van der Waals surface area contributed by atoms with E-state index in [1.807, 2.05) is 0 Å². The van der Waals surface area contributed by atoms with Crippen LogP contribution in [0, 0.1) is 0 Å². The molecule has 0 saturated carbocycles. The summed E-state index contributed by atoms with van der Waals surface area (Å²) in [5, 5.41) is 0. The van der Waals surface area contributed by atoms with Crippen LogP contribution in [0.4, 0.5) is 17.1 Å². The van der Waals surface area contributed by atoms with Crippen molar-refractivity contribution in [3.63, 3.8) is 0 Å². The number of para-hydroxylation sites is 3. The first kappa shape index (κ1) is 20.8. The molecule has 5 rings (SSSR count). The van der Waals surface area contributed by atoms with Crippen LogP contribution in [0.1, 0.15) is 12.8 Å². The number of nitrogens with zero attached hydrogens (tertiary/aromatic N) is 2. The molecule has 2 heteroatoms. The molecule has 0 bridgehead atoms. The average Bonchev–Trinajstić information content (AvgIpc) is 2.91. The monoisotopic (exact) mass is 428 g/mol. The highest BCUT2D eigenvalue weighted by Gasteiger charge is 2.21. The fraction of sp³-hybridized carbons (Fsp3) is 0.0968. The van der Waals surface area contributed by atoms with Gasteiger partial charge in [0.1, 0.15) is 0 Å². The lowest BCUT2D eigenvalue weighted by molar-refractivity contribution is 0.838. The molecule has 0 radical (unpaired) electrons. The van der Waals surface area contributed by atoms with Crippen LogP contribution >= 0.6 is 0 Å². The topological polar surface area (TPSA) is 6.48 Å². The quantitative estimate of drug-likeness (QED) is 0.305. The van der Waals surface area contributed by atoms with Gasteiger partial charge in [0.2, 0.25) is 0 Å². The molecular weight excluding hydrogens is 400 g/mol. The minimum atomic E-state index is 0.973. The van der Waals surface area contributed by atoms with Gasteiger partial charge in [-0.25, -0.2) is 0 Å². The van der Waals surface area contributed by atoms with Crippen molar-refractivity contribution < 1.29 is 0 Å². The average molecular weight is 429 g/mol. The zero-order chi connectivity index (χ0) is 22.5. The normalized spacial score (nSPS) is 13.1. The first-order chi connectivity index (χ1) is 16.3. The first-order valence-electron chi connectivity index (χ1n) is 11.5. The second-order valence-electron chi connectivity index (χ2n) is 8.26. The van der Waals surface area contributed by atoms with Crippen molar-refractivity contribution in [3.8, 4) is 11.1 Å². The van der Waals surface area contributed by atoms with Crippen LogP contribution in [0.3, 0.4) is 0 Å². The summed E-state index contributed by atoms with van der Waals surface area (Å²) in [6.07, 6.45) is 6.52. The smallest absolute Gasteiger partial charge is 0.0536 e. The largest absolute Gasteiger partial charge is 0.348 e. The number of rotatable bonds is 6. The number of anilines is 3. The third-order valence-electron chi connectivity index (χ3n) is 6.21. The molecule has 0 fully saturated rings. The highest BCUT2D eigenvalue weighted by molar-refractivity contribution is 5.84. The zero-order valence-corrected chi connectivity index (χ0v) is 18.9. The fourth-order valence-corrected chi connectivity index (χ4v) is 4.47. The predicted molar refractivity (Wildman–Crippen MR) is 141 cm³/mol. The Kier molecular flexibility index (Phi) is 6.08. The predicted octanol–water partition coefficient (Wildman–Crippen LogP) is 8.19. The summed E-state index contributed by atoms with van der Waals surface area (Å²) >= 11 is 0. The van der Waals surface area contributed by atoms with E-state index in [1.165, 1.54) is 39.6 Å². The molecule has 33 heavy (non-hydrogen) atoms. The molecule has 0 heterocycles. The fourth-order valence-electron chi connectivity index (χ4n) is 4.47. The second-order valence-corrected chi connectivity index (χ2v) is 8.26. The number of allylic oxidation sites excluding steroid dienone is 4. The van der Waals surface area contributed by atoms with E-state index in [9.17, 15) is 0 Å². The van der Waals surface area contributed by atoms with Crippen molar-refractivity contribution in [1.29, 1.82) is 0 Å². The maximum absolute atomic E-state index is 2.41. The van der Waals surface area contributed by atoms with Gasteiger partial charge in [-0.3, -0.25) is 0 Å². The number of hydrogen-bond donors (Lipinski definition) is 0. The lowest BCUT2D eigenvalue weighted by Gasteiger charge is -2.33. The lowest BCUT2D eigenvalue weighted by atomic mass is 9.99. The summed E-state index contributed by atoms with van der Waals surface area (Å²) in [5.41, 5.74) is 8.69. The molecule has 0 N–H and O–H groups in total. The molecule has 1 aliphatic carbocycles. The van der Waals surface area contributed by atoms with E-state index in [-0.39, 0.29) is 0 Å². The molecular formula is C31H28N2. The standard InChI is InChI=1S/C31H28N2/c1-32(26-15-7-3-8-16-26)27-21-23-29(24-22-27)33(28-17-9-4-10-18-28)31-20-12-11-19-30(31)25-13-5-2-6-14-25/h2-21,23H,22,24H2,1H3.